The molecule has 3 heteroatoms. The Labute approximate surface area is 117 Å². The Balaban J connectivity index is 1.46. The summed E-state index contributed by atoms with van der Waals surface area (Å²) in [5.41, 5.74) is 0. The normalized spacial score (nSPS) is 47.2. The average Bonchev–Trinajstić information content (AvgIpc) is 2.38. The van der Waals surface area contributed by atoms with Gasteiger partial charge in [-0.1, -0.05) is 0 Å². The third-order valence-electron chi connectivity index (χ3n) is 6.63. The van der Waals surface area contributed by atoms with E-state index in [1.807, 2.05) is 0 Å². The molecule has 1 heterocycles. The molecule has 0 aromatic carbocycles. The Bertz CT molecular complexity index is 307. The molecular formula is C16H29N3. The molecule has 108 valence electrons. The van der Waals surface area contributed by atoms with Crippen LogP contribution >= 0.6 is 0 Å². The first kappa shape index (κ1) is 12.6. The maximum Gasteiger partial charge on any atom is 0.0301 e. The molecule has 5 rings (SSSR count). The van der Waals surface area contributed by atoms with Crippen molar-refractivity contribution in [3.63, 3.8) is 0 Å². The summed E-state index contributed by atoms with van der Waals surface area (Å²) in [5.74, 6) is 10.6. The van der Waals surface area contributed by atoms with Crippen LogP contribution in [0.1, 0.15) is 44.9 Å². The van der Waals surface area contributed by atoms with Crippen molar-refractivity contribution in [2.75, 3.05) is 20.1 Å². The maximum absolute atomic E-state index is 6.63. The van der Waals surface area contributed by atoms with Gasteiger partial charge < -0.3 is 4.90 Å². The van der Waals surface area contributed by atoms with Crippen molar-refractivity contribution in [1.82, 2.24) is 9.91 Å². The van der Waals surface area contributed by atoms with Crippen LogP contribution in [0.15, 0.2) is 0 Å². The molecule has 5 aliphatic rings. The summed E-state index contributed by atoms with van der Waals surface area (Å²) in [6.45, 7) is 2.46. The Kier molecular flexibility index (Phi) is 3.13. The minimum atomic E-state index is 0.652. The van der Waals surface area contributed by atoms with Gasteiger partial charge in [-0.05, 0) is 88.8 Å². The minimum Gasteiger partial charge on any atom is -0.306 e. The first-order valence-corrected chi connectivity index (χ1v) is 8.42. The summed E-state index contributed by atoms with van der Waals surface area (Å²) in [6.07, 6.45) is 10.0. The van der Waals surface area contributed by atoms with E-state index in [9.17, 15) is 0 Å². The summed E-state index contributed by atoms with van der Waals surface area (Å²) in [4.78, 5) is 2.45. The van der Waals surface area contributed by atoms with E-state index in [-0.39, 0.29) is 0 Å². The highest BCUT2D eigenvalue weighted by Crippen LogP contribution is 2.55. The van der Waals surface area contributed by atoms with Crippen molar-refractivity contribution < 1.29 is 0 Å². The Morgan fingerprint density at radius 1 is 0.895 bits per heavy atom. The largest absolute Gasteiger partial charge is 0.306 e. The van der Waals surface area contributed by atoms with Crippen LogP contribution in [0.5, 0.6) is 0 Å². The van der Waals surface area contributed by atoms with Crippen LogP contribution in [0.2, 0.25) is 0 Å². The summed E-state index contributed by atoms with van der Waals surface area (Å²) in [5, 5.41) is 2.35. The number of nitrogens with two attached hydrogens (primary N) is 1. The van der Waals surface area contributed by atoms with E-state index in [4.69, 9.17) is 5.84 Å². The van der Waals surface area contributed by atoms with Gasteiger partial charge in [-0.25, -0.2) is 5.01 Å². The topological polar surface area (TPSA) is 32.5 Å². The van der Waals surface area contributed by atoms with Crippen LogP contribution in [-0.2, 0) is 0 Å². The van der Waals surface area contributed by atoms with Gasteiger partial charge in [0.05, 0.1) is 0 Å². The molecule has 4 saturated carbocycles. The van der Waals surface area contributed by atoms with E-state index >= 15 is 0 Å². The third kappa shape index (κ3) is 2.14. The van der Waals surface area contributed by atoms with Crippen LogP contribution in [0, 0.1) is 23.7 Å². The van der Waals surface area contributed by atoms with Gasteiger partial charge in [0, 0.05) is 12.1 Å². The average molecular weight is 263 g/mol. The summed E-state index contributed by atoms with van der Waals surface area (Å²) in [6, 6.07) is 1.37. The molecule has 2 N–H and O–H groups in total. The maximum atomic E-state index is 6.63. The number of hydrogen-bond acceptors (Lipinski definition) is 3. The molecule has 1 aliphatic heterocycles. The number of hydrogen-bond donors (Lipinski definition) is 1. The van der Waals surface area contributed by atoms with Gasteiger partial charge in [0.2, 0.25) is 0 Å². The monoisotopic (exact) mass is 263 g/mol. The molecule has 5 fully saturated rings. The Hall–Kier alpha value is -0.120. The smallest absolute Gasteiger partial charge is 0.0301 e. The predicted molar refractivity (Wildman–Crippen MR) is 77.4 cm³/mol. The van der Waals surface area contributed by atoms with E-state index < -0.39 is 0 Å². The number of hydrazine groups is 1. The molecule has 4 bridgehead atoms. The fourth-order valence-corrected chi connectivity index (χ4v) is 5.92. The molecule has 0 atom stereocenters. The predicted octanol–water partition coefficient (Wildman–Crippen LogP) is 2.08. The standard InChI is InChI=1S/C16H29N3/c1-18-4-2-15(3-5-18)19(17)16-13-7-11-6-12(9-13)10-14(16)8-11/h11-16H,2-10,17H2,1H3. The molecular weight excluding hydrogens is 234 g/mol. The molecule has 4 aliphatic carbocycles. The third-order valence-corrected chi connectivity index (χ3v) is 6.63. The zero-order chi connectivity index (χ0) is 13.0. The molecule has 0 unspecified atom stereocenters. The number of likely N-dealkylation sites (tertiary alicyclic amines) is 1. The van der Waals surface area contributed by atoms with Crippen molar-refractivity contribution in [2.45, 2.75) is 57.0 Å². The van der Waals surface area contributed by atoms with Gasteiger partial charge >= 0.3 is 0 Å². The van der Waals surface area contributed by atoms with Crippen LogP contribution in [0.25, 0.3) is 0 Å². The second-order valence-electron chi connectivity index (χ2n) is 7.90. The SMILES string of the molecule is CN1CCC(N(N)C2C3CC4CC(C3)CC2C4)CC1. The lowest BCUT2D eigenvalue weighted by Gasteiger charge is -2.57. The van der Waals surface area contributed by atoms with E-state index in [1.165, 1.54) is 51.6 Å². The number of rotatable bonds is 2. The van der Waals surface area contributed by atoms with E-state index in [1.54, 1.807) is 6.42 Å². The molecule has 19 heavy (non-hydrogen) atoms. The van der Waals surface area contributed by atoms with Gasteiger partial charge in [0.25, 0.3) is 0 Å². The van der Waals surface area contributed by atoms with Gasteiger partial charge in [0.1, 0.15) is 0 Å². The van der Waals surface area contributed by atoms with Crippen molar-refractivity contribution in [2.24, 2.45) is 29.5 Å². The number of piperidine rings is 1. The second-order valence-corrected chi connectivity index (χ2v) is 7.90. The molecule has 0 spiro atoms. The van der Waals surface area contributed by atoms with Gasteiger partial charge in [-0.15, -0.1) is 0 Å². The van der Waals surface area contributed by atoms with Gasteiger partial charge in [-0.3, -0.25) is 5.84 Å². The lowest BCUT2D eigenvalue weighted by molar-refractivity contribution is -0.0858. The molecule has 1 saturated heterocycles. The van der Waals surface area contributed by atoms with Crippen LogP contribution in [0.4, 0.5) is 0 Å². The van der Waals surface area contributed by atoms with Crippen molar-refractivity contribution in [3.05, 3.63) is 0 Å². The van der Waals surface area contributed by atoms with Gasteiger partial charge in [-0.2, -0.15) is 0 Å². The lowest BCUT2D eigenvalue weighted by Crippen LogP contribution is -2.62. The Morgan fingerprint density at radius 2 is 1.42 bits per heavy atom. The first-order valence-electron chi connectivity index (χ1n) is 8.42. The first-order chi connectivity index (χ1) is 9.20. The summed E-state index contributed by atoms with van der Waals surface area (Å²) < 4.78 is 0. The van der Waals surface area contributed by atoms with E-state index in [0.717, 1.165) is 29.7 Å². The molecule has 0 aromatic rings. The lowest BCUT2D eigenvalue weighted by atomic mass is 9.54. The van der Waals surface area contributed by atoms with E-state index in [2.05, 4.69) is 17.0 Å². The highest BCUT2D eigenvalue weighted by Gasteiger charge is 2.50. The highest BCUT2D eigenvalue weighted by atomic mass is 15.4. The van der Waals surface area contributed by atoms with Crippen molar-refractivity contribution >= 4 is 0 Å². The fraction of sp³-hybridized carbons (Fsp3) is 1.00. The summed E-state index contributed by atoms with van der Waals surface area (Å²) >= 11 is 0. The van der Waals surface area contributed by atoms with Crippen molar-refractivity contribution in [3.8, 4) is 0 Å². The molecule has 0 amide bonds. The summed E-state index contributed by atoms with van der Waals surface area (Å²) in [7, 11) is 2.24. The fourth-order valence-electron chi connectivity index (χ4n) is 5.92. The number of nitrogens with zero attached hydrogens (tertiary/aromatic N) is 2. The molecule has 3 nitrogen and oxygen atoms in total. The second kappa shape index (κ2) is 4.71. The van der Waals surface area contributed by atoms with Crippen LogP contribution in [0.3, 0.4) is 0 Å². The highest BCUT2D eigenvalue weighted by molar-refractivity contribution is 5.02. The minimum absolute atomic E-state index is 0.652. The molecule has 0 aromatic heterocycles. The van der Waals surface area contributed by atoms with E-state index in [0.29, 0.717) is 6.04 Å². The zero-order valence-electron chi connectivity index (χ0n) is 12.3. The Morgan fingerprint density at radius 3 is 1.95 bits per heavy atom. The molecule has 0 radical (unpaired) electrons. The van der Waals surface area contributed by atoms with Crippen LogP contribution in [-0.4, -0.2) is 42.1 Å². The van der Waals surface area contributed by atoms with Crippen LogP contribution < -0.4 is 5.84 Å². The van der Waals surface area contributed by atoms with Crippen molar-refractivity contribution in [1.29, 1.82) is 0 Å². The zero-order valence-corrected chi connectivity index (χ0v) is 12.3. The quantitative estimate of drug-likeness (QED) is 0.611. The van der Waals surface area contributed by atoms with Gasteiger partial charge in [0.15, 0.2) is 0 Å².